The number of nitrogens with zero attached hydrogens (tertiary/aromatic N) is 1. The van der Waals surface area contributed by atoms with Crippen LogP contribution in [0.1, 0.15) is 24.8 Å². The van der Waals surface area contributed by atoms with Gasteiger partial charge < -0.3 is 31.1 Å². The van der Waals surface area contributed by atoms with E-state index < -0.39 is 18.1 Å². The number of ether oxygens (including phenoxy) is 1. The fourth-order valence-corrected chi connectivity index (χ4v) is 4.46. The van der Waals surface area contributed by atoms with Gasteiger partial charge in [0, 0.05) is 32.5 Å². The molecule has 1 heterocycles. The predicted octanol–water partition coefficient (Wildman–Crippen LogP) is 1.90. The number of carbonyl (C=O) groups excluding carboxylic acids is 3. The van der Waals surface area contributed by atoms with Crippen LogP contribution in [0.5, 0.6) is 5.75 Å². The van der Waals surface area contributed by atoms with E-state index in [9.17, 15) is 19.5 Å². The number of fused-ring (bicyclic) bond motifs is 2. The highest BCUT2D eigenvalue weighted by Crippen LogP contribution is 2.31. The molecule has 1 aliphatic heterocycles. The number of carbonyl (C=O) groups is 3. The largest absolute Gasteiger partial charge is 0.491 e. The van der Waals surface area contributed by atoms with Gasteiger partial charge in [-0.05, 0) is 34.9 Å². The van der Waals surface area contributed by atoms with E-state index in [2.05, 4.69) is 10.6 Å². The second kappa shape index (κ2) is 13.0. The summed E-state index contributed by atoms with van der Waals surface area (Å²) >= 11 is 0. The van der Waals surface area contributed by atoms with Crippen LogP contribution >= 0.6 is 0 Å². The van der Waals surface area contributed by atoms with Gasteiger partial charge in [-0.3, -0.25) is 14.4 Å². The Labute approximate surface area is 222 Å². The van der Waals surface area contributed by atoms with Gasteiger partial charge in [0.25, 0.3) is 0 Å². The van der Waals surface area contributed by atoms with Crippen molar-refractivity contribution in [1.82, 2.24) is 10.6 Å². The number of para-hydroxylation sites is 2. The van der Waals surface area contributed by atoms with E-state index in [4.69, 9.17) is 10.5 Å². The van der Waals surface area contributed by atoms with Gasteiger partial charge in [-0.25, -0.2) is 0 Å². The van der Waals surface area contributed by atoms with Gasteiger partial charge >= 0.3 is 0 Å². The molecule has 1 aliphatic rings. The Morgan fingerprint density at radius 1 is 1.05 bits per heavy atom. The zero-order valence-electron chi connectivity index (χ0n) is 21.3. The molecular formula is C29H34N4O5. The van der Waals surface area contributed by atoms with E-state index in [0.717, 1.165) is 16.3 Å². The summed E-state index contributed by atoms with van der Waals surface area (Å²) in [6.07, 6.45) is 0.246. The van der Waals surface area contributed by atoms with E-state index in [1.807, 2.05) is 66.7 Å². The molecule has 0 radical (unpaired) electrons. The van der Waals surface area contributed by atoms with Crippen LogP contribution in [0.2, 0.25) is 0 Å². The van der Waals surface area contributed by atoms with E-state index in [1.54, 1.807) is 4.90 Å². The Morgan fingerprint density at radius 2 is 1.82 bits per heavy atom. The first-order valence-corrected chi connectivity index (χ1v) is 12.9. The summed E-state index contributed by atoms with van der Waals surface area (Å²) in [4.78, 5) is 40.2. The molecule has 4 rings (SSSR count). The summed E-state index contributed by atoms with van der Waals surface area (Å²) in [5, 5.41) is 17.4. The van der Waals surface area contributed by atoms with Gasteiger partial charge in [0.15, 0.2) is 0 Å². The number of aliphatic hydroxyl groups excluding tert-OH is 1. The lowest BCUT2D eigenvalue weighted by Gasteiger charge is -2.22. The first-order valence-electron chi connectivity index (χ1n) is 12.9. The molecule has 0 bridgehead atoms. The van der Waals surface area contributed by atoms with Crippen molar-refractivity contribution in [1.29, 1.82) is 0 Å². The highest BCUT2D eigenvalue weighted by atomic mass is 16.5. The molecule has 3 aromatic carbocycles. The molecule has 0 spiro atoms. The molecule has 5 N–H and O–H groups in total. The number of benzene rings is 3. The monoisotopic (exact) mass is 518 g/mol. The molecule has 0 saturated carbocycles. The highest BCUT2D eigenvalue weighted by Gasteiger charge is 2.24. The van der Waals surface area contributed by atoms with Crippen molar-refractivity contribution in [2.75, 3.05) is 31.1 Å². The van der Waals surface area contributed by atoms with Crippen LogP contribution in [0.15, 0.2) is 66.7 Å². The number of hydrogen-bond acceptors (Lipinski definition) is 6. The number of nitrogens with one attached hydrogen (secondary N) is 2. The maximum absolute atomic E-state index is 13.0. The van der Waals surface area contributed by atoms with Crippen molar-refractivity contribution in [2.45, 2.75) is 37.8 Å². The standard InChI is InChI=1S/C29H34N4O5/c30-18-23(34)19-31-29(37)24(17-20-11-12-21-6-1-2-7-22(21)16-20)32-27(35)10-5-14-33-25-8-3-4-9-26(25)38-15-13-28(33)36/h1-4,6-9,11-12,16,23-24,34H,5,10,13-15,17-19,30H2,(H,31,37)(H,32,35)/t23?,24-/m1/s1. The van der Waals surface area contributed by atoms with Crippen LogP contribution in [0.25, 0.3) is 10.8 Å². The lowest BCUT2D eigenvalue weighted by molar-refractivity contribution is -0.129. The lowest BCUT2D eigenvalue weighted by Crippen LogP contribution is -2.50. The second-order valence-electron chi connectivity index (χ2n) is 9.36. The van der Waals surface area contributed by atoms with Crippen LogP contribution in [0.3, 0.4) is 0 Å². The molecular weight excluding hydrogens is 484 g/mol. The van der Waals surface area contributed by atoms with Crippen molar-refractivity contribution in [3.05, 3.63) is 72.3 Å². The van der Waals surface area contributed by atoms with Crippen molar-refractivity contribution < 1.29 is 24.2 Å². The van der Waals surface area contributed by atoms with Crippen LogP contribution in [-0.4, -0.2) is 61.2 Å². The fraction of sp³-hybridized carbons (Fsp3) is 0.345. The summed E-state index contributed by atoms with van der Waals surface area (Å²) < 4.78 is 5.67. The van der Waals surface area contributed by atoms with E-state index in [1.165, 1.54) is 0 Å². The Balaban J connectivity index is 1.40. The number of amides is 3. The summed E-state index contributed by atoms with van der Waals surface area (Å²) in [5.41, 5.74) is 7.05. The molecule has 2 atom stereocenters. The third-order valence-corrected chi connectivity index (χ3v) is 6.51. The molecule has 3 aromatic rings. The Morgan fingerprint density at radius 3 is 2.63 bits per heavy atom. The molecule has 0 fully saturated rings. The van der Waals surface area contributed by atoms with Crippen molar-refractivity contribution >= 4 is 34.2 Å². The molecule has 9 nitrogen and oxygen atoms in total. The zero-order chi connectivity index (χ0) is 26.9. The lowest BCUT2D eigenvalue weighted by atomic mass is 10.0. The van der Waals surface area contributed by atoms with E-state index >= 15 is 0 Å². The Hall–Kier alpha value is -3.95. The van der Waals surface area contributed by atoms with Gasteiger partial charge in [-0.15, -0.1) is 0 Å². The van der Waals surface area contributed by atoms with E-state index in [0.29, 0.717) is 31.0 Å². The van der Waals surface area contributed by atoms with Gasteiger partial charge in [-0.2, -0.15) is 0 Å². The van der Waals surface area contributed by atoms with Crippen molar-refractivity contribution in [3.8, 4) is 5.75 Å². The maximum atomic E-state index is 13.0. The third kappa shape index (κ3) is 7.08. The smallest absolute Gasteiger partial charge is 0.243 e. The first kappa shape index (κ1) is 27.1. The highest BCUT2D eigenvalue weighted by molar-refractivity contribution is 5.95. The quantitative estimate of drug-likeness (QED) is 0.306. The van der Waals surface area contributed by atoms with Gasteiger partial charge in [0.2, 0.25) is 17.7 Å². The molecule has 200 valence electrons. The SMILES string of the molecule is NCC(O)CNC(=O)[C@@H](Cc1ccc2ccccc2c1)NC(=O)CCCN1C(=O)CCOc2ccccc21. The Bertz CT molecular complexity index is 1280. The predicted molar refractivity (Wildman–Crippen MR) is 146 cm³/mol. The van der Waals surface area contributed by atoms with Crippen LogP contribution < -0.4 is 26.0 Å². The maximum Gasteiger partial charge on any atom is 0.243 e. The molecule has 0 aliphatic carbocycles. The number of hydrogen-bond donors (Lipinski definition) is 4. The number of aliphatic hydroxyl groups is 1. The minimum atomic E-state index is -0.867. The van der Waals surface area contributed by atoms with Gasteiger partial charge in [0.05, 0.1) is 24.8 Å². The average Bonchev–Trinajstić information content (AvgIpc) is 3.09. The van der Waals surface area contributed by atoms with Crippen molar-refractivity contribution in [2.24, 2.45) is 5.73 Å². The average molecular weight is 519 g/mol. The van der Waals surface area contributed by atoms with Gasteiger partial charge in [0.1, 0.15) is 11.8 Å². The van der Waals surface area contributed by atoms with Crippen LogP contribution in [-0.2, 0) is 20.8 Å². The number of rotatable bonds is 11. The fourth-order valence-electron chi connectivity index (χ4n) is 4.46. The summed E-state index contributed by atoms with van der Waals surface area (Å²) in [6.45, 7) is 0.692. The zero-order valence-corrected chi connectivity index (χ0v) is 21.3. The van der Waals surface area contributed by atoms with Crippen LogP contribution in [0.4, 0.5) is 5.69 Å². The van der Waals surface area contributed by atoms with Crippen molar-refractivity contribution in [3.63, 3.8) is 0 Å². The van der Waals surface area contributed by atoms with Gasteiger partial charge in [-0.1, -0.05) is 54.6 Å². The molecule has 0 aromatic heterocycles. The normalized spacial score (nSPS) is 14.7. The van der Waals surface area contributed by atoms with Crippen LogP contribution in [0, 0.1) is 0 Å². The molecule has 0 saturated heterocycles. The molecule has 9 heteroatoms. The molecule has 38 heavy (non-hydrogen) atoms. The topological polar surface area (TPSA) is 134 Å². The summed E-state index contributed by atoms with van der Waals surface area (Å²) in [7, 11) is 0. The third-order valence-electron chi connectivity index (χ3n) is 6.51. The summed E-state index contributed by atoms with van der Waals surface area (Å²) in [5.74, 6) is -0.0955. The molecule has 1 unspecified atom stereocenters. The number of anilines is 1. The summed E-state index contributed by atoms with van der Waals surface area (Å²) in [6, 6.07) is 20.4. The minimum absolute atomic E-state index is 0.00201. The molecule has 3 amide bonds. The van der Waals surface area contributed by atoms with E-state index in [-0.39, 0.29) is 44.2 Å². The first-order chi connectivity index (χ1) is 18.4. The minimum Gasteiger partial charge on any atom is -0.491 e. The number of nitrogens with two attached hydrogens (primary N) is 1. The Kier molecular flexibility index (Phi) is 9.29. The second-order valence-corrected chi connectivity index (χ2v) is 9.36.